The molecule has 0 aromatic carbocycles. The second kappa shape index (κ2) is 4.79. The Morgan fingerprint density at radius 2 is 1.93 bits per heavy atom. The molecule has 2 heterocycles. The summed E-state index contributed by atoms with van der Waals surface area (Å²) in [4.78, 5) is 10.7. The Bertz CT molecular complexity index is 294. The SMILES string of the molecule is CC(Cl)C1CCN(c2ncccn2)CC1. The topological polar surface area (TPSA) is 29.0 Å². The Balaban J connectivity index is 1.94. The minimum atomic E-state index is 0.281. The lowest BCUT2D eigenvalue weighted by molar-refractivity contribution is 0.397. The van der Waals surface area contributed by atoms with Crippen molar-refractivity contribution in [3.63, 3.8) is 0 Å². The first-order valence-electron chi connectivity index (χ1n) is 5.43. The number of rotatable bonds is 2. The number of nitrogens with zero attached hydrogens (tertiary/aromatic N) is 3. The maximum absolute atomic E-state index is 6.10. The van der Waals surface area contributed by atoms with E-state index in [2.05, 4.69) is 21.8 Å². The first kappa shape index (κ1) is 10.7. The van der Waals surface area contributed by atoms with Crippen LogP contribution in [0, 0.1) is 5.92 Å². The molecule has 1 unspecified atom stereocenters. The molecule has 3 nitrogen and oxygen atoms in total. The molecule has 15 heavy (non-hydrogen) atoms. The molecular weight excluding hydrogens is 210 g/mol. The molecule has 82 valence electrons. The molecule has 1 fully saturated rings. The predicted octanol–water partition coefficient (Wildman–Crippen LogP) is 2.32. The van der Waals surface area contributed by atoms with E-state index in [1.165, 1.54) is 0 Å². The molecule has 0 N–H and O–H groups in total. The van der Waals surface area contributed by atoms with Crippen LogP contribution in [0.3, 0.4) is 0 Å². The molecule has 1 aliphatic heterocycles. The average molecular weight is 226 g/mol. The molecule has 0 saturated carbocycles. The molecule has 0 radical (unpaired) electrons. The van der Waals surface area contributed by atoms with E-state index in [0.29, 0.717) is 5.92 Å². The molecule has 1 atom stereocenters. The van der Waals surface area contributed by atoms with Crippen molar-refractivity contribution in [2.24, 2.45) is 5.92 Å². The summed E-state index contributed by atoms with van der Waals surface area (Å²) in [6.45, 7) is 4.12. The zero-order chi connectivity index (χ0) is 10.7. The summed E-state index contributed by atoms with van der Waals surface area (Å²) in [6.07, 6.45) is 5.86. The summed E-state index contributed by atoms with van der Waals surface area (Å²) in [5.41, 5.74) is 0. The van der Waals surface area contributed by atoms with Crippen molar-refractivity contribution in [3.8, 4) is 0 Å². The Kier molecular flexibility index (Phi) is 3.41. The summed E-state index contributed by atoms with van der Waals surface area (Å²) < 4.78 is 0. The van der Waals surface area contributed by atoms with Gasteiger partial charge < -0.3 is 4.90 Å². The number of piperidine rings is 1. The van der Waals surface area contributed by atoms with Gasteiger partial charge in [-0.25, -0.2) is 9.97 Å². The fraction of sp³-hybridized carbons (Fsp3) is 0.636. The molecule has 1 aromatic heterocycles. The molecule has 0 amide bonds. The van der Waals surface area contributed by atoms with Crippen molar-refractivity contribution in [2.45, 2.75) is 25.1 Å². The monoisotopic (exact) mass is 225 g/mol. The van der Waals surface area contributed by atoms with E-state index in [1.54, 1.807) is 12.4 Å². The number of aromatic nitrogens is 2. The Morgan fingerprint density at radius 3 is 2.47 bits per heavy atom. The van der Waals surface area contributed by atoms with Gasteiger partial charge in [-0.1, -0.05) is 0 Å². The third-order valence-electron chi connectivity index (χ3n) is 3.02. The van der Waals surface area contributed by atoms with Crippen LogP contribution in [0.25, 0.3) is 0 Å². The first-order chi connectivity index (χ1) is 7.27. The summed E-state index contributed by atoms with van der Waals surface area (Å²) in [7, 11) is 0. The predicted molar refractivity (Wildman–Crippen MR) is 62.3 cm³/mol. The summed E-state index contributed by atoms with van der Waals surface area (Å²) in [5.74, 6) is 1.49. The van der Waals surface area contributed by atoms with E-state index in [4.69, 9.17) is 11.6 Å². The molecule has 1 saturated heterocycles. The molecule has 1 aliphatic rings. The van der Waals surface area contributed by atoms with Gasteiger partial charge in [-0.15, -0.1) is 11.6 Å². The third kappa shape index (κ3) is 2.59. The molecule has 2 rings (SSSR count). The Hall–Kier alpha value is -0.830. The first-order valence-corrected chi connectivity index (χ1v) is 5.87. The van der Waals surface area contributed by atoms with E-state index in [0.717, 1.165) is 31.9 Å². The number of anilines is 1. The minimum Gasteiger partial charge on any atom is -0.341 e. The fourth-order valence-electron chi connectivity index (χ4n) is 2.01. The van der Waals surface area contributed by atoms with E-state index < -0.39 is 0 Å². The van der Waals surface area contributed by atoms with Crippen LogP contribution < -0.4 is 4.90 Å². The molecule has 0 bridgehead atoms. The molecule has 0 aliphatic carbocycles. The lowest BCUT2D eigenvalue weighted by Gasteiger charge is -2.32. The molecule has 4 heteroatoms. The van der Waals surface area contributed by atoms with E-state index in [9.17, 15) is 0 Å². The van der Waals surface area contributed by atoms with Crippen molar-refractivity contribution < 1.29 is 0 Å². The van der Waals surface area contributed by atoms with Crippen LogP contribution in [0.15, 0.2) is 18.5 Å². The van der Waals surface area contributed by atoms with Crippen molar-refractivity contribution in [3.05, 3.63) is 18.5 Å². The van der Waals surface area contributed by atoms with Gasteiger partial charge >= 0.3 is 0 Å². The van der Waals surface area contributed by atoms with Gasteiger partial charge in [-0.2, -0.15) is 0 Å². The van der Waals surface area contributed by atoms with Crippen molar-refractivity contribution in [1.29, 1.82) is 0 Å². The highest BCUT2D eigenvalue weighted by atomic mass is 35.5. The number of halogens is 1. The highest BCUT2D eigenvalue weighted by Gasteiger charge is 2.23. The van der Waals surface area contributed by atoms with E-state index >= 15 is 0 Å². The van der Waals surface area contributed by atoms with Crippen LogP contribution in [-0.4, -0.2) is 28.4 Å². The van der Waals surface area contributed by atoms with E-state index in [-0.39, 0.29) is 5.38 Å². The summed E-state index contributed by atoms with van der Waals surface area (Å²) in [5, 5.41) is 0.281. The van der Waals surface area contributed by atoms with E-state index in [1.807, 2.05) is 6.07 Å². The lowest BCUT2D eigenvalue weighted by atomic mass is 9.94. The summed E-state index contributed by atoms with van der Waals surface area (Å²) >= 11 is 6.10. The zero-order valence-corrected chi connectivity index (χ0v) is 9.69. The van der Waals surface area contributed by atoms with Crippen LogP contribution in [0.4, 0.5) is 5.95 Å². The number of alkyl halides is 1. The number of hydrogen-bond acceptors (Lipinski definition) is 3. The largest absolute Gasteiger partial charge is 0.341 e. The van der Waals surface area contributed by atoms with Crippen molar-refractivity contribution >= 4 is 17.5 Å². The molecular formula is C11H16ClN3. The van der Waals surface area contributed by atoms with Gasteiger partial charge in [0.1, 0.15) is 0 Å². The zero-order valence-electron chi connectivity index (χ0n) is 8.93. The quantitative estimate of drug-likeness (QED) is 0.724. The third-order valence-corrected chi connectivity index (χ3v) is 3.38. The van der Waals surface area contributed by atoms with Gasteiger partial charge in [0, 0.05) is 30.9 Å². The van der Waals surface area contributed by atoms with Crippen LogP contribution in [-0.2, 0) is 0 Å². The van der Waals surface area contributed by atoms with Crippen LogP contribution >= 0.6 is 11.6 Å². The lowest BCUT2D eigenvalue weighted by Crippen LogP contribution is -2.36. The maximum Gasteiger partial charge on any atom is 0.225 e. The van der Waals surface area contributed by atoms with Gasteiger partial charge in [0.25, 0.3) is 0 Å². The summed E-state index contributed by atoms with van der Waals surface area (Å²) in [6, 6.07) is 1.84. The van der Waals surface area contributed by atoms with Crippen LogP contribution in [0.1, 0.15) is 19.8 Å². The van der Waals surface area contributed by atoms with Crippen molar-refractivity contribution in [1.82, 2.24) is 9.97 Å². The fourth-order valence-corrected chi connectivity index (χ4v) is 2.27. The standard InChI is InChI=1S/C11H16ClN3/c1-9(12)10-3-7-15(8-4-10)11-13-5-2-6-14-11/h2,5-6,9-10H,3-4,7-8H2,1H3. The maximum atomic E-state index is 6.10. The second-order valence-electron chi connectivity index (χ2n) is 4.05. The highest BCUT2D eigenvalue weighted by Crippen LogP contribution is 2.25. The van der Waals surface area contributed by atoms with Crippen LogP contribution in [0.2, 0.25) is 0 Å². The normalized spacial score (nSPS) is 20.3. The van der Waals surface area contributed by atoms with Gasteiger partial charge in [-0.3, -0.25) is 0 Å². The number of hydrogen-bond donors (Lipinski definition) is 0. The molecule has 0 spiro atoms. The second-order valence-corrected chi connectivity index (χ2v) is 4.74. The Labute approximate surface area is 95.5 Å². The Morgan fingerprint density at radius 1 is 1.33 bits per heavy atom. The molecule has 1 aromatic rings. The van der Waals surface area contributed by atoms with Gasteiger partial charge in [0.05, 0.1) is 0 Å². The van der Waals surface area contributed by atoms with Crippen LogP contribution in [0.5, 0.6) is 0 Å². The average Bonchev–Trinajstić information content (AvgIpc) is 2.30. The smallest absolute Gasteiger partial charge is 0.225 e. The minimum absolute atomic E-state index is 0.281. The van der Waals surface area contributed by atoms with Gasteiger partial charge in [-0.05, 0) is 31.7 Å². The van der Waals surface area contributed by atoms with Crippen molar-refractivity contribution in [2.75, 3.05) is 18.0 Å². The van der Waals surface area contributed by atoms with Gasteiger partial charge in [0.15, 0.2) is 0 Å². The van der Waals surface area contributed by atoms with Gasteiger partial charge in [0.2, 0.25) is 5.95 Å². The highest BCUT2D eigenvalue weighted by molar-refractivity contribution is 6.20.